The van der Waals surface area contributed by atoms with E-state index in [1.807, 2.05) is 54.6 Å². The van der Waals surface area contributed by atoms with Gasteiger partial charge in [-0.05, 0) is 42.5 Å². The van der Waals surface area contributed by atoms with Crippen molar-refractivity contribution >= 4 is 35.6 Å². The lowest BCUT2D eigenvalue weighted by Crippen LogP contribution is -2.52. The van der Waals surface area contributed by atoms with Gasteiger partial charge >= 0.3 is 0 Å². The van der Waals surface area contributed by atoms with Crippen LogP contribution in [0.1, 0.15) is 53.6 Å². The number of carbonyl (C=O) groups excluding carboxylic acids is 3. The number of nitrogens with one attached hydrogen (secondary N) is 2. The number of hydrogen-bond donors (Lipinski definition) is 2. The van der Waals surface area contributed by atoms with Crippen molar-refractivity contribution in [1.82, 2.24) is 10.2 Å². The van der Waals surface area contributed by atoms with E-state index in [1.165, 1.54) is 0 Å². The largest absolute Gasteiger partial charge is 0.350 e. The number of nitrogens with zero attached hydrogens (tertiary/aromatic N) is 1. The lowest BCUT2D eigenvalue weighted by atomic mass is 10.0. The Balaban J connectivity index is 1.36. The van der Waals surface area contributed by atoms with Crippen molar-refractivity contribution in [3.8, 4) is 0 Å². The van der Waals surface area contributed by atoms with Gasteiger partial charge in [0.2, 0.25) is 11.8 Å². The Morgan fingerprint density at radius 3 is 2.50 bits per heavy atom. The molecule has 1 aliphatic carbocycles. The minimum absolute atomic E-state index is 0.0182. The molecule has 5 rings (SSSR count). The van der Waals surface area contributed by atoms with Crippen molar-refractivity contribution in [2.24, 2.45) is 5.92 Å². The lowest BCUT2D eigenvalue weighted by Gasteiger charge is -2.25. The molecule has 2 fully saturated rings. The lowest BCUT2D eigenvalue weighted by molar-refractivity contribution is -0.126. The third-order valence-electron chi connectivity index (χ3n) is 6.78. The molecule has 1 saturated heterocycles. The zero-order valence-corrected chi connectivity index (χ0v) is 17.9. The van der Waals surface area contributed by atoms with Crippen LogP contribution in [0.2, 0.25) is 0 Å². The SMILES string of the molecule is O=C(N[C@H]1CCN2C(=O)c3cc(/C=C/c4ccccc4)ccc3NC(=O)[C@H]12)C1CCCC1. The fourth-order valence-corrected chi connectivity index (χ4v) is 5.05. The van der Waals surface area contributed by atoms with Gasteiger partial charge in [-0.1, -0.05) is 61.4 Å². The molecular formula is C26H27N3O3. The molecule has 1 saturated carbocycles. The molecule has 164 valence electrons. The third kappa shape index (κ3) is 3.93. The molecule has 3 aliphatic rings. The number of fused-ring (bicyclic) bond motifs is 2. The summed E-state index contributed by atoms with van der Waals surface area (Å²) in [6, 6.07) is 14.4. The minimum Gasteiger partial charge on any atom is -0.350 e. The summed E-state index contributed by atoms with van der Waals surface area (Å²) in [6.07, 6.45) is 8.51. The second-order valence-corrected chi connectivity index (χ2v) is 8.87. The molecule has 3 amide bonds. The molecule has 2 heterocycles. The van der Waals surface area contributed by atoms with Crippen LogP contribution in [0.3, 0.4) is 0 Å². The van der Waals surface area contributed by atoms with Gasteiger partial charge in [0.05, 0.1) is 17.3 Å². The van der Waals surface area contributed by atoms with Crippen molar-refractivity contribution in [3.63, 3.8) is 0 Å². The number of rotatable bonds is 4. The Kier molecular flexibility index (Phi) is 5.52. The van der Waals surface area contributed by atoms with Gasteiger partial charge in [-0.15, -0.1) is 0 Å². The Bertz CT molecular complexity index is 1070. The monoisotopic (exact) mass is 429 g/mol. The summed E-state index contributed by atoms with van der Waals surface area (Å²) in [5, 5.41) is 5.99. The number of benzene rings is 2. The Morgan fingerprint density at radius 2 is 1.72 bits per heavy atom. The molecule has 2 aromatic rings. The van der Waals surface area contributed by atoms with Crippen LogP contribution in [0.5, 0.6) is 0 Å². The molecular weight excluding hydrogens is 402 g/mol. The van der Waals surface area contributed by atoms with Gasteiger partial charge in [-0.3, -0.25) is 14.4 Å². The van der Waals surface area contributed by atoms with Crippen LogP contribution in [0.25, 0.3) is 12.2 Å². The number of amides is 3. The van der Waals surface area contributed by atoms with Crippen molar-refractivity contribution in [1.29, 1.82) is 0 Å². The highest BCUT2D eigenvalue weighted by Gasteiger charge is 2.45. The molecule has 6 heteroatoms. The van der Waals surface area contributed by atoms with E-state index < -0.39 is 6.04 Å². The number of anilines is 1. The van der Waals surface area contributed by atoms with Gasteiger partial charge < -0.3 is 15.5 Å². The molecule has 2 N–H and O–H groups in total. The topological polar surface area (TPSA) is 78.5 Å². The summed E-state index contributed by atoms with van der Waals surface area (Å²) in [7, 11) is 0. The maximum Gasteiger partial charge on any atom is 0.256 e. The van der Waals surface area contributed by atoms with Gasteiger partial charge in [0.25, 0.3) is 5.91 Å². The maximum atomic E-state index is 13.4. The zero-order valence-electron chi connectivity index (χ0n) is 17.9. The van der Waals surface area contributed by atoms with Gasteiger partial charge in [0.1, 0.15) is 6.04 Å². The summed E-state index contributed by atoms with van der Waals surface area (Å²) in [5.41, 5.74) is 2.97. The summed E-state index contributed by atoms with van der Waals surface area (Å²) >= 11 is 0. The van der Waals surface area contributed by atoms with Crippen molar-refractivity contribution < 1.29 is 14.4 Å². The first kappa shape index (κ1) is 20.5. The van der Waals surface area contributed by atoms with E-state index in [2.05, 4.69) is 10.6 Å². The van der Waals surface area contributed by atoms with Crippen LogP contribution in [-0.2, 0) is 9.59 Å². The van der Waals surface area contributed by atoms with Crippen LogP contribution in [0.4, 0.5) is 5.69 Å². The van der Waals surface area contributed by atoms with Gasteiger partial charge in [-0.2, -0.15) is 0 Å². The number of carbonyl (C=O) groups is 3. The van der Waals surface area contributed by atoms with Crippen LogP contribution >= 0.6 is 0 Å². The highest BCUT2D eigenvalue weighted by Crippen LogP contribution is 2.31. The van der Waals surface area contributed by atoms with E-state index in [-0.39, 0.29) is 29.7 Å². The zero-order chi connectivity index (χ0) is 22.1. The smallest absolute Gasteiger partial charge is 0.256 e. The van der Waals surface area contributed by atoms with Crippen LogP contribution in [0, 0.1) is 5.92 Å². The molecule has 6 nitrogen and oxygen atoms in total. The normalized spacial score (nSPS) is 23.1. The standard InChI is InChI=1S/C26H27N3O3/c30-24(19-8-4-5-9-19)28-22-14-15-29-23(22)25(31)27-21-13-12-18(16-20(21)26(29)32)11-10-17-6-2-1-3-7-17/h1-3,6-7,10-13,16,19,22-23H,4-5,8-9,14-15H2,(H,27,31)(H,28,30)/b11-10+/t22-,23-/m0/s1. The van der Waals surface area contributed by atoms with Crippen LogP contribution < -0.4 is 10.6 Å². The maximum absolute atomic E-state index is 13.4. The fraction of sp³-hybridized carbons (Fsp3) is 0.346. The van der Waals surface area contributed by atoms with Crippen LogP contribution in [0.15, 0.2) is 48.5 Å². The highest BCUT2D eigenvalue weighted by atomic mass is 16.2. The summed E-state index contributed by atoms with van der Waals surface area (Å²) < 4.78 is 0. The molecule has 0 radical (unpaired) electrons. The van der Waals surface area contributed by atoms with E-state index in [0.717, 1.165) is 36.8 Å². The van der Waals surface area contributed by atoms with Crippen molar-refractivity contribution in [2.75, 3.05) is 11.9 Å². The van der Waals surface area contributed by atoms with E-state index >= 15 is 0 Å². The van der Waals surface area contributed by atoms with E-state index in [9.17, 15) is 14.4 Å². The molecule has 32 heavy (non-hydrogen) atoms. The second-order valence-electron chi connectivity index (χ2n) is 8.87. The molecule has 0 aromatic heterocycles. The summed E-state index contributed by atoms with van der Waals surface area (Å²) in [6.45, 7) is 0.454. The molecule has 2 aromatic carbocycles. The first-order chi connectivity index (χ1) is 15.6. The Morgan fingerprint density at radius 1 is 0.969 bits per heavy atom. The predicted molar refractivity (Wildman–Crippen MR) is 124 cm³/mol. The second kappa shape index (κ2) is 8.61. The first-order valence-electron chi connectivity index (χ1n) is 11.4. The summed E-state index contributed by atoms with van der Waals surface area (Å²) in [4.78, 5) is 40.7. The minimum atomic E-state index is -0.677. The average Bonchev–Trinajstić information content (AvgIpc) is 3.47. The van der Waals surface area contributed by atoms with E-state index in [0.29, 0.717) is 24.2 Å². The third-order valence-corrected chi connectivity index (χ3v) is 6.78. The first-order valence-corrected chi connectivity index (χ1v) is 11.4. The Hall–Kier alpha value is -3.41. The number of hydrogen-bond acceptors (Lipinski definition) is 3. The molecule has 0 spiro atoms. The quantitative estimate of drug-likeness (QED) is 0.728. The van der Waals surface area contributed by atoms with Gasteiger partial charge in [-0.25, -0.2) is 0 Å². The highest BCUT2D eigenvalue weighted by molar-refractivity contribution is 6.11. The fourth-order valence-electron chi connectivity index (χ4n) is 5.05. The van der Waals surface area contributed by atoms with Crippen molar-refractivity contribution in [2.45, 2.75) is 44.2 Å². The van der Waals surface area contributed by atoms with Gasteiger partial charge in [0.15, 0.2) is 0 Å². The molecule has 0 unspecified atom stereocenters. The van der Waals surface area contributed by atoms with Crippen molar-refractivity contribution in [3.05, 3.63) is 65.2 Å². The molecule has 2 atom stereocenters. The predicted octanol–water partition coefficient (Wildman–Crippen LogP) is 3.70. The van der Waals surface area contributed by atoms with Crippen LogP contribution in [-0.4, -0.2) is 41.2 Å². The van der Waals surface area contributed by atoms with E-state index in [1.54, 1.807) is 11.0 Å². The van der Waals surface area contributed by atoms with E-state index in [4.69, 9.17) is 0 Å². The molecule has 2 aliphatic heterocycles. The van der Waals surface area contributed by atoms with Gasteiger partial charge in [0, 0.05) is 12.5 Å². The summed E-state index contributed by atoms with van der Waals surface area (Å²) in [5.74, 6) is -0.357. The Labute approximate surface area is 187 Å². The molecule has 0 bridgehead atoms. The average molecular weight is 430 g/mol.